The first kappa shape index (κ1) is 12.0. The molecule has 0 atom stereocenters. The second-order valence-corrected chi connectivity index (χ2v) is 5.12. The van der Waals surface area contributed by atoms with E-state index in [1.54, 1.807) is 18.2 Å². The maximum Gasteiger partial charge on any atom is 0.258 e. The fourth-order valence-corrected chi connectivity index (χ4v) is 2.35. The van der Waals surface area contributed by atoms with Crippen molar-refractivity contribution in [2.75, 3.05) is 0 Å². The van der Waals surface area contributed by atoms with Gasteiger partial charge in [-0.15, -0.1) is 0 Å². The van der Waals surface area contributed by atoms with Crippen molar-refractivity contribution in [3.05, 3.63) is 69.4 Å². The van der Waals surface area contributed by atoms with Crippen molar-refractivity contribution in [1.82, 2.24) is 4.57 Å². The predicted octanol–water partition coefficient (Wildman–Crippen LogP) is 3.46. The summed E-state index contributed by atoms with van der Waals surface area (Å²) in [6.07, 6.45) is 0. The first-order valence-electron chi connectivity index (χ1n) is 5.76. The normalized spacial score (nSPS) is 10.8. The number of rotatable bonds is 1. The molecule has 0 saturated carbocycles. The molecule has 0 spiro atoms. The monoisotopic (exact) mass is 315 g/mol. The summed E-state index contributed by atoms with van der Waals surface area (Å²) >= 11 is 3.34. The van der Waals surface area contributed by atoms with Crippen LogP contribution in [0.5, 0.6) is 5.88 Å². The minimum absolute atomic E-state index is 0.0366. The number of aromatic nitrogens is 1. The van der Waals surface area contributed by atoms with E-state index in [-0.39, 0.29) is 11.4 Å². The lowest BCUT2D eigenvalue weighted by atomic mass is 10.1. The molecule has 3 nitrogen and oxygen atoms in total. The maximum absolute atomic E-state index is 12.1. The Labute approximate surface area is 117 Å². The largest absolute Gasteiger partial charge is 0.494 e. The molecule has 0 unspecified atom stereocenters. The molecule has 0 saturated heterocycles. The summed E-state index contributed by atoms with van der Waals surface area (Å²) in [5.41, 5.74) is 0.384. The van der Waals surface area contributed by atoms with Crippen molar-refractivity contribution in [3.8, 4) is 11.6 Å². The molecule has 3 rings (SSSR count). The number of aromatic hydroxyl groups is 1. The van der Waals surface area contributed by atoms with E-state index >= 15 is 0 Å². The van der Waals surface area contributed by atoms with Crippen LogP contribution in [0.2, 0.25) is 0 Å². The Morgan fingerprint density at radius 1 is 1.00 bits per heavy atom. The van der Waals surface area contributed by atoms with Crippen LogP contribution in [-0.2, 0) is 0 Å². The zero-order chi connectivity index (χ0) is 13.4. The molecule has 0 amide bonds. The molecule has 0 aliphatic carbocycles. The standard InChI is InChI=1S/C15H10BrNO2/c16-11-5-7-12(8-6-11)17-14(18)9-10-3-1-2-4-13(10)15(17)19/h1-9,19H. The van der Waals surface area contributed by atoms with E-state index in [2.05, 4.69) is 15.9 Å². The Balaban J connectivity index is 2.35. The van der Waals surface area contributed by atoms with Crippen LogP contribution in [0.1, 0.15) is 0 Å². The molecule has 19 heavy (non-hydrogen) atoms. The van der Waals surface area contributed by atoms with Gasteiger partial charge in [-0.25, -0.2) is 4.57 Å². The highest BCUT2D eigenvalue weighted by molar-refractivity contribution is 9.10. The van der Waals surface area contributed by atoms with Crippen LogP contribution >= 0.6 is 15.9 Å². The highest BCUT2D eigenvalue weighted by atomic mass is 79.9. The number of fused-ring (bicyclic) bond motifs is 1. The topological polar surface area (TPSA) is 42.2 Å². The first-order chi connectivity index (χ1) is 9.16. The van der Waals surface area contributed by atoms with Crippen LogP contribution in [0.15, 0.2) is 63.9 Å². The molecule has 0 fully saturated rings. The fourth-order valence-electron chi connectivity index (χ4n) is 2.09. The van der Waals surface area contributed by atoms with E-state index in [9.17, 15) is 9.90 Å². The van der Waals surface area contributed by atoms with Gasteiger partial charge in [-0.1, -0.05) is 34.1 Å². The van der Waals surface area contributed by atoms with Gasteiger partial charge in [0.1, 0.15) is 0 Å². The average molecular weight is 316 g/mol. The lowest BCUT2D eigenvalue weighted by Gasteiger charge is -2.10. The van der Waals surface area contributed by atoms with Gasteiger partial charge >= 0.3 is 0 Å². The van der Waals surface area contributed by atoms with E-state index in [1.165, 1.54) is 10.6 Å². The van der Waals surface area contributed by atoms with E-state index in [0.717, 1.165) is 9.86 Å². The number of halogens is 1. The van der Waals surface area contributed by atoms with Crippen molar-refractivity contribution >= 4 is 26.7 Å². The van der Waals surface area contributed by atoms with E-state index in [1.807, 2.05) is 30.3 Å². The Bertz CT molecular complexity index is 806. The summed E-state index contributed by atoms with van der Waals surface area (Å²) in [4.78, 5) is 12.1. The Kier molecular flexibility index (Phi) is 2.87. The zero-order valence-corrected chi connectivity index (χ0v) is 11.5. The van der Waals surface area contributed by atoms with Gasteiger partial charge in [-0.2, -0.15) is 0 Å². The minimum atomic E-state index is -0.251. The second-order valence-electron chi connectivity index (χ2n) is 4.21. The minimum Gasteiger partial charge on any atom is -0.494 e. The molecule has 0 radical (unpaired) electrons. The third-order valence-electron chi connectivity index (χ3n) is 3.00. The van der Waals surface area contributed by atoms with Crippen LogP contribution in [0.4, 0.5) is 0 Å². The summed E-state index contributed by atoms with van der Waals surface area (Å²) in [7, 11) is 0. The van der Waals surface area contributed by atoms with Crippen LogP contribution < -0.4 is 5.56 Å². The molecule has 0 aliphatic heterocycles. The van der Waals surface area contributed by atoms with Crippen molar-refractivity contribution in [2.24, 2.45) is 0 Å². The zero-order valence-electron chi connectivity index (χ0n) is 9.88. The summed E-state index contributed by atoms with van der Waals surface area (Å²) < 4.78 is 2.22. The van der Waals surface area contributed by atoms with Crippen LogP contribution in [0.25, 0.3) is 16.5 Å². The number of benzene rings is 2. The molecule has 1 heterocycles. The number of pyridine rings is 1. The van der Waals surface area contributed by atoms with Crippen LogP contribution in [-0.4, -0.2) is 9.67 Å². The highest BCUT2D eigenvalue weighted by Crippen LogP contribution is 2.25. The van der Waals surface area contributed by atoms with Crippen LogP contribution in [0, 0.1) is 0 Å². The lowest BCUT2D eigenvalue weighted by Crippen LogP contribution is -2.17. The fraction of sp³-hybridized carbons (Fsp3) is 0. The van der Waals surface area contributed by atoms with Gasteiger partial charge < -0.3 is 5.11 Å². The van der Waals surface area contributed by atoms with Crippen molar-refractivity contribution in [3.63, 3.8) is 0 Å². The van der Waals surface area contributed by atoms with Gasteiger partial charge in [0.05, 0.1) is 5.69 Å². The van der Waals surface area contributed by atoms with Crippen LogP contribution in [0.3, 0.4) is 0 Å². The SMILES string of the molecule is O=c1cc2ccccc2c(O)n1-c1ccc(Br)cc1. The second kappa shape index (κ2) is 4.55. The van der Waals surface area contributed by atoms with Crippen molar-refractivity contribution in [1.29, 1.82) is 0 Å². The summed E-state index contributed by atoms with van der Waals surface area (Å²) in [5, 5.41) is 11.7. The number of hydrogen-bond donors (Lipinski definition) is 1. The van der Waals surface area contributed by atoms with Crippen molar-refractivity contribution < 1.29 is 5.11 Å². The number of nitrogens with zero attached hydrogens (tertiary/aromatic N) is 1. The Hall–Kier alpha value is -2.07. The molecule has 1 aromatic heterocycles. The van der Waals surface area contributed by atoms with E-state index in [0.29, 0.717) is 11.1 Å². The van der Waals surface area contributed by atoms with Gasteiger partial charge in [0.25, 0.3) is 5.56 Å². The van der Waals surface area contributed by atoms with E-state index < -0.39 is 0 Å². The molecule has 2 aromatic carbocycles. The maximum atomic E-state index is 12.1. The number of hydrogen-bond acceptors (Lipinski definition) is 2. The summed E-state index contributed by atoms with van der Waals surface area (Å²) in [6.45, 7) is 0. The van der Waals surface area contributed by atoms with Gasteiger partial charge in [0.2, 0.25) is 5.88 Å². The predicted molar refractivity (Wildman–Crippen MR) is 78.9 cm³/mol. The Morgan fingerprint density at radius 2 is 1.68 bits per heavy atom. The van der Waals surface area contributed by atoms with Gasteiger partial charge in [0.15, 0.2) is 0 Å². The molecule has 4 heteroatoms. The molecular formula is C15H10BrNO2. The molecule has 3 aromatic rings. The third kappa shape index (κ3) is 2.04. The lowest BCUT2D eigenvalue weighted by molar-refractivity contribution is 0.443. The first-order valence-corrected chi connectivity index (χ1v) is 6.56. The molecule has 1 N–H and O–H groups in total. The summed E-state index contributed by atoms with van der Waals surface area (Å²) in [6, 6.07) is 16.0. The van der Waals surface area contributed by atoms with Gasteiger partial charge in [0, 0.05) is 15.9 Å². The van der Waals surface area contributed by atoms with Crippen molar-refractivity contribution in [2.45, 2.75) is 0 Å². The quantitative estimate of drug-likeness (QED) is 0.747. The van der Waals surface area contributed by atoms with E-state index in [4.69, 9.17) is 0 Å². The summed E-state index contributed by atoms with van der Waals surface area (Å²) in [5.74, 6) is -0.0366. The molecule has 0 bridgehead atoms. The van der Waals surface area contributed by atoms with Gasteiger partial charge in [-0.05, 0) is 35.7 Å². The van der Waals surface area contributed by atoms with Gasteiger partial charge in [-0.3, -0.25) is 4.79 Å². The molecular weight excluding hydrogens is 306 g/mol. The molecule has 0 aliphatic rings. The third-order valence-corrected chi connectivity index (χ3v) is 3.53. The smallest absolute Gasteiger partial charge is 0.258 e. The highest BCUT2D eigenvalue weighted by Gasteiger charge is 2.09. The molecule has 94 valence electrons. The average Bonchev–Trinajstić information content (AvgIpc) is 2.41. The Morgan fingerprint density at radius 3 is 2.42 bits per heavy atom.